The second kappa shape index (κ2) is 7.99. The standard InChI is InChI=1S/C16H32N2O2/c1-13(16(2,3)4)12-15(20)17-8-5-9-18-10-6-14(19)7-11-18/h13-14,19H,5-12H2,1-4H3,(H,17,20). The minimum Gasteiger partial charge on any atom is -0.393 e. The van der Waals surface area contributed by atoms with Crippen molar-refractivity contribution in [1.82, 2.24) is 10.2 Å². The van der Waals surface area contributed by atoms with Crippen LogP contribution in [0, 0.1) is 11.3 Å². The van der Waals surface area contributed by atoms with Crippen molar-refractivity contribution in [2.24, 2.45) is 11.3 Å². The summed E-state index contributed by atoms with van der Waals surface area (Å²) in [5, 5.41) is 12.5. The van der Waals surface area contributed by atoms with E-state index in [1.165, 1.54) is 0 Å². The van der Waals surface area contributed by atoms with Crippen LogP contribution in [0.3, 0.4) is 0 Å². The molecule has 1 amide bonds. The Morgan fingerprint density at radius 3 is 2.50 bits per heavy atom. The molecule has 1 aliphatic heterocycles. The van der Waals surface area contributed by atoms with Crippen LogP contribution in [0.25, 0.3) is 0 Å². The molecule has 1 unspecified atom stereocenters. The Bertz CT molecular complexity index is 291. The van der Waals surface area contributed by atoms with Crippen LogP contribution in [0.2, 0.25) is 0 Å². The number of hydrogen-bond acceptors (Lipinski definition) is 3. The highest BCUT2D eigenvalue weighted by Crippen LogP contribution is 2.27. The predicted molar refractivity (Wildman–Crippen MR) is 82.5 cm³/mol. The van der Waals surface area contributed by atoms with Crippen molar-refractivity contribution in [1.29, 1.82) is 0 Å². The lowest BCUT2D eigenvalue weighted by Crippen LogP contribution is -2.38. The van der Waals surface area contributed by atoms with E-state index in [2.05, 4.69) is 37.9 Å². The molecule has 1 rings (SSSR count). The van der Waals surface area contributed by atoms with Gasteiger partial charge in [0.2, 0.25) is 5.91 Å². The highest BCUT2D eigenvalue weighted by Gasteiger charge is 2.22. The zero-order valence-corrected chi connectivity index (χ0v) is 13.6. The summed E-state index contributed by atoms with van der Waals surface area (Å²) in [4.78, 5) is 14.2. The molecule has 1 saturated heterocycles. The molecule has 0 radical (unpaired) electrons. The summed E-state index contributed by atoms with van der Waals surface area (Å²) >= 11 is 0. The molecule has 0 aromatic carbocycles. The molecule has 4 nitrogen and oxygen atoms in total. The van der Waals surface area contributed by atoms with Gasteiger partial charge in [0, 0.05) is 26.1 Å². The van der Waals surface area contributed by atoms with Gasteiger partial charge in [-0.2, -0.15) is 0 Å². The zero-order valence-electron chi connectivity index (χ0n) is 13.6. The number of carbonyl (C=O) groups excluding carboxylic acids is 1. The lowest BCUT2D eigenvalue weighted by atomic mass is 9.80. The summed E-state index contributed by atoms with van der Waals surface area (Å²) in [7, 11) is 0. The SMILES string of the molecule is CC(CC(=O)NCCCN1CCC(O)CC1)C(C)(C)C. The highest BCUT2D eigenvalue weighted by atomic mass is 16.3. The highest BCUT2D eigenvalue weighted by molar-refractivity contribution is 5.76. The van der Waals surface area contributed by atoms with Crippen LogP contribution in [0.15, 0.2) is 0 Å². The fourth-order valence-corrected chi connectivity index (χ4v) is 2.33. The normalized spacial score (nSPS) is 19.9. The second-order valence-corrected chi connectivity index (χ2v) is 7.25. The Hall–Kier alpha value is -0.610. The van der Waals surface area contributed by atoms with E-state index in [4.69, 9.17) is 0 Å². The predicted octanol–water partition coefficient (Wildman–Crippen LogP) is 2.02. The summed E-state index contributed by atoms with van der Waals surface area (Å²) in [5.41, 5.74) is 0.186. The van der Waals surface area contributed by atoms with Crippen molar-refractivity contribution in [3.8, 4) is 0 Å². The van der Waals surface area contributed by atoms with Crippen molar-refractivity contribution >= 4 is 5.91 Å². The Morgan fingerprint density at radius 1 is 1.35 bits per heavy atom. The van der Waals surface area contributed by atoms with Crippen molar-refractivity contribution in [2.75, 3.05) is 26.2 Å². The van der Waals surface area contributed by atoms with Gasteiger partial charge < -0.3 is 15.3 Å². The van der Waals surface area contributed by atoms with Crippen molar-refractivity contribution < 1.29 is 9.90 Å². The third-order valence-electron chi connectivity index (χ3n) is 4.50. The minimum atomic E-state index is -0.107. The number of aliphatic hydroxyl groups is 1. The maximum Gasteiger partial charge on any atom is 0.220 e. The third-order valence-corrected chi connectivity index (χ3v) is 4.50. The van der Waals surface area contributed by atoms with Crippen molar-refractivity contribution in [3.05, 3.63) is 0 Å². The number of likely N-dealkylation sites (tertiary alicyclic amines) is 1. The average molecular weight is 284 g/mol. The first-order valence-corrected chi connectivity index (χ1v) is 7.96. The molecule has 2 N–H and O–H groups in total. The van der Waals surface area contributed by atoms with E-state index in [0.29, 0.717) is 12.3 Å². The number of carbonyl (C=O) groups is 1. The van der Waals surface area contributed by atoms with Gasteiger partial charge in [0.1, 0.15) is 0 Å². The van der Waals surface area contributed by atoms with E-state index in [9.17, 15) is 9.90 Å². The van der Waals surface area contributed by atoms with E-state index in [1.54, 1.807) is 0 Å². The molecule has 0 spiro atoms. The zero-order chi connectivity index (χ0) is 15.2. The van der Waals surface area contributed by atoms with E-state index in [-0.39, 0.29) is 17.4 Å². The first kappa shape index (κ1) is 17.4. The Balaban J connectivity index is 2.07. The fraction of sp³-hybridized carbons (Fsp3) is 0.938. The molecule has 0 bridgehead atoms. The molecule has 1 aliphatic rings. The molecule has 1 fully saturated rings. The number of hydrogen-bond donors (Lipinski definition) is 2. The smallest absolute Gasteiger partial charge is 0.220 e. The monoisotopic (exact) mass is 284 g/mol. The maximum absolute atomic E-state index is 11.8. The Morgan fingerprint density at radius 2 is 1.95 bits per heavy atom. The fourth-order valence-electron chi connectivity index (χ4n) is 2.33. The van der Waals surface area contributed by atoms with Gasteiger partial charge in [0.25, 0.3) is 0 Å². The van der Waals surface area contributed by atoms with Crippen LogP contribution < -0.4 is 5.32 Å². The Kier molecular flexibility index (Phi) is 6.96. The summed E-state index contributed by atoms with van der Waals surface area (Å²) in [6.07, 6.45) is 3.26. The molecule has 1 heterocycles. The number of aliphatic hydroxyl groups excluding tert-OH is 1. The number of nitrogens with zero attached hydrogens (tertiary/aromatic N) is 1. The van der Waals surface area contributed by atoms with Crippen LogP contribution in [-0.4, -0.2) is 48.2 Å². The lowest BCUT2D eigenvalue weighted by Gasteiger charge is -2.29. The molecule has 4 heteroatoms. The number of rotatable bonds is 6. The van der Waals surface area contributed by atoms with Crippen LogP contribution in [0.4, 0.5) is 0 Å². The van der Waals surface area contributed by atoms with Gasteiger partial charge in [0.15, 0.2) is 0 Å². The van der Waals surface area contributed by atoms with Crippen molar-refractivity contribution in [2.45, 2.75) is 59.5 Å². The first-order valence-electron chi connectivity index (χ1n) is 7.96. The Labute approximate surface area is 123 Å². The first-order chi connectivity index (χ1) is 9.29. The molecular formula is C16H32N2O2. The summed E-state index contributed by atoms with van der Waals surface area (Å²) in [6.45, 7) is 12.4. The van der Waals surface area contributed by atoms with Crippen LogP contribution in [0.5, 0.6) is 0 Å². The maximum atomic E-state index is 11.8. The van der Waals surface area contributed by atoms with Crippen molar-refractivity contribution in [3.63, 3.8) is 0 Å². The van der Waals surface area contributed by atoms with E-state index < -0.39 is 0 Å². The van der Waals surface area contributed by atoms with Gasteiger partial charge in [-0.05, 0) is 37.1 Å². The molecule has 118 valence electrons. The molecule has 0 aromatic heterocycles. The topological polar surface area (TPSA) is 52.6 Å². The molecule has 20 heavy (non-hydrogen) atoms. The molecule has 0 aromatic rings. The molecular weight excluding hydrogens is 252 g/mol. The third kappa shape index (κ3) is 6.71. The summed E-state index contributed by atoms with van der Waals surface area (Å²) < 4.78 is 0. The number of nitrogens with one attached hydrogen (secondary N) is 1. The van der Waals surface area contributed by atoms with Gasteiger partial charge in [-0.3, -0.25) is 4.79 Å². The van der Waals surface area contributed by atoms with Gasteiger partial charge in [-0.15, -0.1) is 0 Å². The quantitative estimate of drug-likeness (QED) is 0.734. The van der Waals surface area contributed by atoms with Gasteiger partial charge >= 0.3 is 0 Å². The molecule has 0 aliphatic carbocycles. The van der Waals surface area contributed by atoms with Crippen LogP contribution >= 0.6 is 0 Å². The summed E-state index contributed by atoms with van der Waals surface area (Å²) in [6, 6.07) is 0. The van der Waals surface area contributed by atoms with E-state index in [1.807, 2.05) is 0 Å². The number of amides is 1. The molecule has 1 atom stereocenters. The van der Waals surface area contributed by atoms with Gasteiger partial charge in [-0.1, -0.05) is 27.7 Å². The van der Waals surface area contributed by atoms with E-state index >= 15 is 0 Å². The van der Waals surface area contributed by atoms with Crippen LogP contribution in [0.1, 0.15) is 53.4 Å². The second-order valence-electron chi connectivity index (χ2n) is 7.25. The summed E-state index contributed by atoms with van der Waals surface area (Å²) in [5.74, 6) is 0.563. The largest absolute Gasteiger partial charge is 0.393 e. The number of piperidine rings is 1. The minimum absolute atomic E-state index is 0.107. The lowest BCUT2D eigenvalue weighted by molar-refractivity contribution is -0.122. The average Bonchev–Trinajstić information content (AvgIpc) is 2.35. The van der Waals surface area contributed by atoms with Crippen LogP contribution in [-0.2, 0) is 4.79 Å². The van der Waals surface area contributed by atoms with Gasteiger partial charge in [0.05, 0.1) is 6.10 Å². The van der Waals surface area contributed by atoms with E-state index in [0.717, 1.165) is 45.4 Å². The molecule has 0 saturated carbocycles. The van der Waals surface area contributed by atoms with Gasteiger partial charge in [-0.25, -0.2) is 0 Å².